The van der Waals surface area contributed by atoms with Crippen molar-refractivity contribution in [3.05, 3.63) is 144 Å². The molecule has 23 N–H and O–H groups in total. The predicted molar refractivity (Wildman–Crippen MR) is 475 cm³/mol. The predicted octanol–water partition coefficient (Wildman–Crippen LogP) is -4.94. The Hall–Kier alpha value is -10.6. The number of aromatic nitrogens is 1. The summed E-state index contributed by atoms with van der Waals surface area (Å²) in [5, 5.41) is 93.9. The van der Waals surface area contributed by atoms with E-state index in [0.717, 1.165) is 0 Å². The van der Waals surface area contributed by atoms with Crippen LogP contribution >= 0.6 is 25.3 Å². The zero-order valence-corrected chi connectivity index (χ0v) is 76.2. The van der Waals surface area contributed by atoms with Crippen molar-refractivity contribution in [3.8, 4) is 0 Å². The molecule has 4 aromatic carbocycles. The van der Waals surface area contributed by atoms with Crippen molar-refractivity contribution in [3.63, 3.8) is 0 Å². The number of hydrogen-bond donors (Lipinski definition) is 23. The molecule has 1 aromatic heterocycles. The second-order valence-corrected chi connectivity index (χ2v) is 30.9. The maximum atomic E-state index is 15.4. The Labute approximate surface area is 769 Å². The Morgan fingerprint density at radius 1 is 0.461 bits per heavy atom. The summed E-state index contributed by atoms with van der Waals surface area (Å²) in [6, 6.07) is 17.0. The number of carboxylic acid groups (broad SMARTS) is 4. The molecule has 2 heterocycles. The van der Waals surface area contributed by atoms with Crippen LogP contribution in [-0.4, -0.2) is 373 Å². The molecule has 1 saturated heterocycles. The molecule has 45 heteroatoms. The van der Waals surface area contributed by atoms with Crippen LogP contribution in [0.4, 0.5) is 0 Å². The van der Waals surface area contributed by atoms with Gasteiger partial charge in [0.15, 0.2) is 5.96 Å². The number of esters is 1. The number of amides is 9. The molecule has 0 saturated carbocycles. The van der Waals surface area contributed by atoms with E-state index >= 15 is 14.4 Å². The summed E-state index contributed by atoms with van der Waals surface area (Å²) in [6.45, 7) is 0.106. The number of unbranched alkanes of at least 4 members (excludes halogenated alkanes) is 1. The summed E-state index contributed by atoms with van der Waals surface area (Å²) in [7, 11) is 0. The normalized spacial score (nSPS) is 15.6. The van der Waals surface area contributed by atoms with Crippen LogP contribution in [0.5, 0.6) is 0 Å². The molecule has 0 unspecified atom stereocenters. The topological polar surface area (TPSA) is 625 Å². The molecule has 5 aromatic rings. The van der Waals surface area contributed by atoms with Gasteiger partial charge >= 0.3 is 55.7 Å². The first-order chi connectivity index (χ1) is 60.9. The number of guanidine groups is 1. The average Bonchev–Trinajstić information content (AvgIpc) is 1.57. The number of aliphatic carboxylic acids is 4. The number of carboxylic acids is 4. The van der Waals surface area contributed by atoms with Crippen LogP contribution in [0.2, 0.25) is 0 Å². The van der Waals surface area contributed by atoms with E-state index < -0.39 is 156 Å². The van der Waals surface area contributed by atoms with E-state index in [1.165, 1.54) is 6.92 Å². The van der Waals surface area contributed by atoms with Gasteiger partial charge in [0.25, 0.3) is 0 Å². The fourth-order valence-electron chi connectivity index (χ4n) is 13.4. The van der Waals surface area contributed by atoms with Crippen molar-refractivity contribution >= 4 is 151 Å². The summed E-state index contributed by atoms with van der Waals surface area (Å²) in [5.74, 6) is -15.1. The van der Waals surface area contributed by atoms with Gasteiger partial charge in [-0.2, -0.15) is 30.7 Å². The molecular weight excluding hydrogens is 1810 g/mol. The Kier molecular flexibility index (Phi) is 49.6. The number of H-pyrrole nitrogens is 1. The quantitative estimate of drug-likeness (QED) is 0.00433. The third kappa shape index (κ3) is 40.0. The number of aliphatic hydroxyl groups excluding tert-OH is 2. The fourth-order valence-corrected chi connectivity index (χ4v) is 13.9. The fraction of sp³-hybridized carbons (Fsp3) is 0.506. The SMILES string of the molecule is C[C@@H](O)[C@H](NC(=O)[C@H](CCCCN)NC(=O)[C@@H](Cc1c[nH]c2ccccc12)NC(=O)[C@H](Cc1ccccc1)NC(=O)[C@H](Cc1ccccc1)NC(=O)[C@H](CS)NC(=O)[C@H](CCCNC(=N)N)NOCCOCCOC(=O)CN1CCN(CC(=O)O)CCN(CC(=O)O)CCN(CC(=O)O)CC1)C(=O)N[C@@H](Cc1ccccc1)C(=O)N[C@@H](CO)C(=O)N[C@@H](CS)C(=O)O.[111In+3]. The number of nitrogens with two attached hydrogens (primary N) is 2. The molecule has 1 fully saturated rings. The van der Waals surface area contributed by atoms with Gasteiger partial charge in [0.05, 0.1) is 58.7 Å². The number of nitrogens with zero attached hydrogens (tertiary/aromatic N) is 4. The Bertz CT molecular complexity index is 4350. The standard InChI is InChI=1S/C83H119N19O23S2.In/c1-52(104)72(81(120)93-63(42-55-20-9-4-10-21-55)77(116)94-65(49-103)79(118)96-67(51-127)82(121)122)97-73(112)59(24-13-14-26-84)89-78(117)64(43-56-44-88-58-23-12-11-22-57(56)58)92-76(115)61(40-53-16-5-2-6-17-53)90-75(114)62(41-54-18-7-3-8-19-54)91-80(119)66(50-126)95-74(113)60(25-15-27-87-83(85)86)98-125-39-37-123-36-38-124-71(111)48-102-34-32-100(46-69(107)108)30-28-99(45-68(105)106)29-31-101(33-35-102)47-70(109)110;/h2-12,16-23,44,52,59-67,72,88,98,103-104,126-127H,13-15,24-43,45-51,84H2,1H3,(H,89,117)(H,90,114)(H,91,119)(H,92,115)(H,93,120)(H,94,116)(H,95,113)(H,96,118)(H,97,112)(H,105,106)(H,107,108)(H,109,110)(H,121,122)(H4,85,86,87);/q;+3/t52-,59+,60+,61+,62+,63+,64-,65+,66+,67+,72+;/m1./s1/i;1-4. The average molecular weight is 1930 g/mol. The number of carbonyl (C=O) groups excluding carboxylic acids is 10. The summed E-state index contributed by atoms with van der Waals surface area (Å²) in [5.41, 5.74) is 16.9. The maximum Gasteiger partial charge on any atom is 3.00 e. The Morgan fingerprint density at radius 3 is 1.29 bits per heavy atom. The summed E-state index contributed by atoms with van der Waals surface area (Å²) in [4.78, 5) is 207. The molecule has 0 aliphatic carbocycles. The minimum Gasteiger partial charge on any atom is -0.480 e. The van der Waals surface area contributed by atoms with E-state index in [1.54, 1.807) is 141 Å². The third-order valence-corrected chi connectivity index (χ3v) is 21.0. The molecular formula is C83H119InN19O23S2+3. The van der Waals surface area contributed by atoms with E-state index in [1.807, 2.05) is 0 Å². The van der Waals surface area contributed by atoms with Gasteiger partial charge in [0.2, 0.25) is 53.2 Å². The first kappa shape index (κ1) is 108. The van der Waals surface area contributed by atoms with Gasteiger partial charge in [-0.25, -0.2) is 4.79 Å². The molecule has 6 rings (SSSR count). The number of para-hydroxylation sites is 1. The van der Waals surface area contributed by atoms with Crippen LogP contribution in [0.1, 0.15) is 61.3 Å². The van der Waals surface area contributed by atoms with Crippen molar-refractivity contribution < 1.29 is 112 Å². The minimum absolute atomic E-state index is 0. The van der Waals surface area contributed by atoms with Crippen LogP contribution < -0.4 is 70.1 Å². The van der Waals surface area contributed by atoms with Gasteiger partial charge in [0.1, 0.15) is 67.0 Å². The van der Waals surface area contributed by atoms with E-state index in [0.29, 0.717) is 39.6 Å². The van der Waals surface area contributed by atoms with Crippen molar-refractivity contribution in [2.24, 2.45) is 11.5 Å². The summed E-state index contributed by atoms with van der Waals surface area (Å²) in [6.07, 6.45) is -0.249. The van der Waals surface area contributed by atoms with E-state index in [-0.39, 0.29) is 213 Å². The van der Waals surface area contributed by atoms with Crippen LogP contribution in [0.3, 0.4) is 0 Å². The molecule has 1 aliphatic rings. The molecule has 11 atom stereocenters. The number of fused-ring (bicyclic) bond motifs is 1. The monoisotopic (exact) mass is 1920 g/mol. The molecule has 0 bridgehead atoms. The second kappa shape index (κ2) is 58.8. The zero-order valence-electron chi connectivity index (χ0n) is 71.1. The number of rotatable bonds is 55. The molecule has 1 aliphatic heterocycles. The zero-order chi connectivity index (χ0) is 92.7. The van der Waals surface area contributed by atoms with Crippen molar-refractivity contribution in [1.82, 2.24) is 83.2 Å². The third-order valence-electron chi connectivity index (χ3n) is 20.3. The van der Waals surface area contributed by atoms with Crippen LogP contribution in [-0.2, 0) is 107 Å². The number of hydroxylamine groups is 1. The number of aromatic amines is 1. The number of nitrogens with one attached hydrogen (secondary N) is 13. The van der Waals surface area contributed by atoms with Crippen LogP contribution in [0, 0.1) is 5.41 Å². The van der Waals surface area contributed by atoms with Crippen molar-refractivity contribution in [2.45, 2.75) is 131 Å². The second-order valence-electron chi connectivity index (χ2n) is 30.1. The summed E-state index contributed by atoms with van der Waals surface area (Å²) < 4.78 is 11.1. The molecule has 128 heavy (non-hydrogen) atoms. The summed E-state index contributed by atoms with van der Waals surface area (Å²) >= 11 is 8.37. The number of thiol groups is 2. The van der Waals surface area contributed by atoms with E-state index in [2.05, 4.69) is 88.9 Å². The molecule has 42 nitrogen and oxygen atoms in total. The van der Waals surface area contributed by atoms with Gasteiger partial charge in [0, 0.05) is 113 Å². The smallest absolute Gasteiger partial charge is 0.480 e. The molecule has 9 amide bonds. The number of hydrogen-bond acceptors (Lipinski definition) is 28. The molecule has 0 radical (unpaired) electrons. The molecule has 696 valence electrons. The first-order valence-corrected chi connectivity index (χ1v) is 42.7. The van der Waals surface area contributed by atoms with Gasteiger partial charge < -0.3 is 110 Å². The molecule has 0 spiro atoms. The first-order valence-electron chi connectivity index (χ1n) is 41.4. The van der Waals surface area contributed by atoms with Crippen molar-refractivity contribution in [2.75, 3.05) is 136 Å². The maximum absolute atomic E-state index is 15.4. The minimum atomic E-state index is -1.85. The van der Waals surface area contributed by atoms with E-state index in [4.69, 9.17) is 31.2 Å². The van der Waals surface area contributed by atoms with Crippen LogP contribution in [0.25, 0.3) is 10.9 Å². The van der Waals surface area contributed by atoms with Gasteiger partial charge in [-0.05, 0) is 73.9 Å². The van der Waals surface area contributed by atoms with Gasteiger partial charge in [-0.3, -0.25) is 92.2 Å². The number of aliphatic hydroxyl groups is 2. The largest absolute Gasteiger partial charge is 3.00 e. The van der Waals surface area contributed by atoms with Gasteiger partial charge in [-0.15, -0.1) is 0 Å². The van der Waals surface area contributed by atoms with E-state index in [9.17, 15) is 83.4 Å². The van der Waals surface area contributed by atoms with Crippen molar-refractivity contribution in [1.29, 1.82) is 5.41 Å². The van der Waals surface area contributed by atoms with Crippen LogP contribution in [0.15, 0.2) is 121 Å². The number of benzene rings is 4. The number of ether oxygens (including phenoxy) is 2. The Balaban J connectivity index is 0.0000290. The Morgan fingerprint density at radius 2 is 0.844 bits per heavy atom. The number of carbonyl (C=O) groups is 14. The van der Waals surface area contributed by atoms with Gasteiger partial charge in [-0.1, -0.05) is 109 Å².